The van der Waals surface area contributed by atoms with Crippen LogP contribution in [0, 0.1) is 0 Å². The molecule has 2 fully saturated rings. The molecule has 5 nitrogen and oxygen atoms in total. The Bertz CT molecular complexity index is 745. The van der Waals surface area contributed by atoms with Gasteiger partial charge in [-0.05, 0) is 49.9 Å². The van der Waals surface area contributed by atoms with Gasteiger partial charge in [-0.1, -0.05) is 30.3 Å². The van der Waals surface area contributed by atoms with Gasteiger partial charge in [-0.15, -0.1) is 0 Å². The molecular weight excluding hydrogens is 350 g/mol. The number of nitrogens with zero attached hydrogens (tertiary/aromatic N) is 3. The van der Waals surface area contributed by atoms with Crippen molar-refractivity contribution in [2.45, 2.75) is 44.4 Å². The first-order chi connectivity index (χ1) is 13.8. The van der Waals surface area contributed by atoms with E-state index in [1.807, 2.05) is 11.0 Å². The summed E-state index contributed by atoms with van der Waals surface area (Å²) >= 11 is 0. The minimum Gasteiger partial charge on any atom is -0.375 e. The fourth-order valence-corrected chi connectivity index (χ4v) is 4.48. The van der Waals surface area contributed by atoms with E-state index < -0.39 is 0 Å². The van der Waals surface area contributed by atoms with Gasteiger partial charge < -0.3 is 9.64 Å². The molecule has 0 radical (unpaired) electrons. The number of aromatic nitrogens is 1. The number of amides is 1. The molecule has 28 heavy (non-hydrogen) atoms. The molecule has 0 N–H and O–H groups in total. The normalized spacial score (nSPS) is 21.1. The number of pyridine rings is 1. The fourth-order valence-electron chi connectivity index (χ4n) is 4.48. The van der Waals surface area contributed by atoms with Crippen LogP contribution in [-0.4, -0.2) is 59.0 Å². The number of piperidine rings is 1. The van der Waals surface area contributed by atoms with Crippen LogP contribution in [-0.2, 0) is 11.3 Å². The minimum absolute atomic E-state index is 0.130. The number of rotatable bonds is 6. The summed E-state index contributed by atoms with van der Waals surface area (Å²) in [5.74, 6) is 0.130. The lowest BCUT2D eigenvalue weighted by Gasteiger charge is -2.39. The second-order valence-electron chi connectivity index (χ2n) is 7.79. The molecule has 2 aliphatic rings. The van der Waals surface area contributed by atoms with Crippen LogP contribution in [0.4, 0.5) is 0 Å². The zero-order valence-corrected chi connectivity index (χ0v) is 16.4. The fraction of sp³-hybridized carbons (Fsp3) is 0.478. The van der Waals surface area contributed by atoms with E-state index in [4.69, 9.17) is 4.74 Å². The smallest absolute Gasteiger partial charge is 0.253 e. The molecule has 5 heteroatoms. The Morgan fingerprint density at radius 3 is 2.50 bits per heavy atom. The summed E-state index contributed by atoms with van der Waals surface area (Å²) < 4.78 is 6.03. The number of benzene rings is 1. The molecule has 3 heterocycles. The molecule has 2 aromatic rings. The number of hydrogen-bond donors (Lipinski definition) is 0. The molecule has 0 unspecified atom stereocenters. The Labute approximate surface area is 167 Å². The Hall–Kier alpha value is -2.24. The predicted molar refractivity (Wildman–Crippen MR) is 109 cm³/mol. The van der Waals surface area contributed by atoms with Crippen LogP contribution in [0.2, 0.25) is 0 Å². The van der Waals surface area contributed by atoms with Crippen molar-refractivity contribution < 1.29 is 9.53 Å². The summed E-state index contributed by atoms with van der Waals surface area (Å²) in [6, 6.07) is 15.1. The molecule has 1 atom stereocenters. The van der Waals surface area contributed by atoms with Crippen LogP contribution in [0.25, 0.3) is 0 Å². The van der Waals surface area contributed by atoms with Gasteiger partial charge in [0.1, 0.15) is 0 Å². The molecule has 0 spiro atoms. The van der Waals surface area contributed by atoms with Crippen molar-refractivity contribution in [3.63, 3.8) is 0 Å². The molecule has 1 aromatic carbocycles. The van der Waals surface area contributed by atoms with E-state index in [1.54, 1.807) is 24.5 Å². The van der Waals surface area contributed by atoms with E-state index >= 15 is 0 Å². The third-order valence-corrected chi connectivity index (χ3v) is 5.99. The van der Waals surface area contributed by atoms with Crippen molar-refractivity contribution in [1.82, 2.24) is 14.8 Å². The highest BCUT2D eigenvalue weighted by Gasteiger charge is 2.33. The average molecular weight is 380 g/mol. The van der Waals surface area contributed by atoms with E-state index in [0.29, 0.717) is 18.7 Å². The molecule has 0 bridgehead atoms. The summed E-state index contributed by atoms with van der Waals surface area (Å²) in [6.07, 6.45) is 7.92. The summed E-state index contributed by atoms with van der Waals surface area (Å²) in [7, 11) is 0. The zero-order valence-electron chi connectivity index (χ0n) is 16.4. The summed E-state index contributed by atoms with van der Waals surface area (Å²) in [4.78, 5) is 21.3. The summed E-state index contributed by atoms with van der Waals surface area (Å²) in [6.45, 7) is 4.30. The standard InChI is InChI=1S/C23H29N3O2/c27-23(20-8-12-24-13-9-20)25-15-10-21(11-16-25)26-14-4-7-22(26)18-28-17-19-5-2-1-3-6-19/h1-3,5-6,8-9,12-13,21-22H,4,7,10-11,14-18H2/t22-/m0/s1. The number of hydrogen-bond acceptors (Lipinski definition) is 4. The zero-order chi connectivity index (χ0) is 19.2. The number of carbonyl (C=O) groups is 1. The Morgan fingerprint density at radius 2 is 1.75 bits per heavy atom. The van der Waals surface area contributed by atoms with Crippen molar-refractivity contribution in [2.75, 3.05) is 26.2 Å². The topological polar surface area (TPSA) is 45.7 Å². The molecule has 0 aliphatic carbocycles. The summed E-state index contributed by atoms with van der Waals surface area (Å²) in [5.41, 5.74) is 1.97. The van der Waals surface area contributed by atoms with E-state index in [9.17, 15) is 4.79 Å². The van der Waals surface area contributed by atoms with Gasteiger partial charge in [0.05, 0.1) is 13.2 Å². The van der Waals surface area contributed by atoms with Crippen molar-refractivity contribution in [3.05, 3.63) is 66.0 Å². The third kappa shape index (κ3) is 4.59. The van der Waals surface area contributed by atoms with Crippen LogP contribution >= 0.6 is 0 Å². The first-order valence-electron chi connectivity index (χ1n) is 10.4. The monoisotopic (exact) mass is 379 g/mol. The van der Waals surface area contributed by atoms with Gasteiger partial charge in [0.25, 0.3) is 5.91 Å². The van der Waals surface area contributed by atoms with Crippen LogP contribution in [0.15, 0.2) is 54.9 Å². The van der Waals surface area contributed by atoms with Crippen LogP contribution < -0.4 is 0 Å². The third-order valence-electron chi connectivity index (χ3n) is 5.99. The molecule has 1 aromatic heterocycles. The molecule has 1 amide bonds. The van der Waals surface area contributed by atoms with Crippen molar-refractivity contribution >= 4 is 5.91 Å². The van der Waals surface area contributed by atoms with Crippen molar-refractivity contribution in [2.24, 2.45) is 0 Å². The largest absolute Gasteiger partial charge is 0.375 e. The van der Waals surface area contributed by atoms with Gasteiger partial charge in [-0.2, -0.15) is 0 Å². The average Bonchev–Trinajstić information content (AvgIpc) is 3.23. The van der Waals surface area contributed by atoms with Crippen molar-refractivity contribution in [1.29, 1.82) is 0 Å². The van der Waals surface area contributed by atoms with Gasteiger partial charge >= 0.3 is 0 Å². The van der Waals surface area contributed by atoms with E-state index in [-0.39, 0.29) is 5.91 Å². The Balaban J connectivity index is 1.26. The maximum absolute atomic E-state index is 12.6. The van der Waals surface area contributed by atoms with Crippen molar-refractivity contribution in [3.8, 4) is 0 Å². The highest BCUT2D eigenvalue weighted by molar-refractivity contribution is 5.94. The Kier molecular flexibility index (Phi) is 6.34. The first kappa shape index (κ1) is 19.1. The molecule has 2 saturated heterocycles. The van der Waals surface area contributed by atoms with E-state index in [1.165, 1.54) is 18.4 Å². The molecule has 0 saturated carbocycles. The van der Waals surface area contributed by atoms with Crippen LogP contribution in [0.3, 0.4) is 0 Å². The van der Waals surface area contributed by atoms with Crippen LogP contribution in [0.1, 0.15) is 41.6 Å². The second-order valence-corrected chi connectivity index (χ2v) is 7.79. The number of ether oxygens (including phenoxy) is 1. The SMILES string of the molecule is O=C(c1ccncc1)N1CCC(N2CCC[C@H]2COCc2ccccc2)CC1. The Morgan fingerprint density at radius 1 is 1.00 bits per heavy atom. The highest BCUT2D eigenvalue weighted by Crippen LogP contribution is 2.27. The maximum atomic E-state index is 12.6. The van der Waals surface area contributed by atoms with E-state index in [2.05, 4.69) is 34.1 Å². The highest BCUT2D eigenvalue weighted by atomic mass is 16.5. The first-order valence-corrected chi connectivity index (χ1v) is 10.4. The quantitative estimate of drug-likeness (QED) is 0.772. The molecule has 4 rings (SSSR count). The number of likely N-dealkylation sites (tertiary alicyclic amines) is 2. The lowest BCUT2D eigenvalue weighted by Crippen LogP contribution is -2.49. The number of carbonyl (C=O) groups excluding carboxylic acids is 1. The van der Waals surface area contributed by atoms with Gasteiger partial charge in [-0.3, -0.25) is 14.7 Å². The van der Waals surface area contributed by atoms with E-state index in [0.717, 1.165) is 44.6 Å². The summed E-state index contributed by atoms with van der Waals surface area (Å²) in [5, 5.41) is 0. The molecular formula is C23H29N3O2. The van der Waals surface area contributed by atoms with Gasteiger partial charge in [0.15, 0.2) is 0 Å². The van der Waals surface area contributed by atoms with Gasteiger partial charge in [0.2, 0.25) is 0 Å². The lowest BCUT2D eigenvalue weighted by atomic mass is 10.0. The molecule has 2 aliphatic heterocycles. The van der Waals surface area contributed by atoms with Gasteiger partial charge in [-0.25, -0.2) is 0 Å². The predicted octanol–water partition coefficient (Wildman–Crippen LogP) is 3.37. The second kappa shape index (κ2) is 9.30. The minimum atomic E-state index is 0.130. The molecule has 148 valence electrons. The maximum Gasteiger partial charge on any atom is 0.253 e. The van der Waals surface area contributed by atoms with Gasteiger partial charge in [0, 0.05) is 43.1 Å². The lowest BCUT2D eigenvalue weighted by molar-refractivity contribution is 0.0314. The van der Waals surface area contributed by atoms with Crippen LogP contribution in [0.5, 0.6) is 0 Å².